The molecule has 0 saturated heterocycles. The third kappa shape index (κ3) is 2.58. The normalized spacial score (nSPS) is 16.9. The van der Waals surface area contributed by atoms with Crippen molar-refractivity contribution in [1.82, 2.24) is 0 Å². The lowest BCUT2D eigenvalue weighted by molar-refractivity contribution is 0.170. The molecule has 0 spiro atoms. The Hall–Kier alpha value is -1.13. The number of hydrogen-bond donors (Lipinski definition) is 0. The van der Waals surface area contributed by atoms with Crippen molar-refractivity contribution in [2.45, 2.75) is 37.7 Å². The first kappa shape index (κ1) is 12.3. The minimum atomic E-state index is -3.63. The lowest BCUT2D eigenvalue weighted by Crippen LogP contribution is -2.27. The summed E-state index contributed by atoms with van der Waals surface area (Å²) in [4.78, 5) is 0.264. The van der Waals surface area contributed by atoms with Gasteiger partial charge in [-0.2, -0.15) is 8.42 Å². The lowest BCUT2D eigenvalue weighted by atomic mass is 9.91. The van der Waals surface area contributed by atoms with Crippen molar-refractivity contribution >= 4 is 10.1 Å². The van der Waals surface area contributed by atoms with E-state index in [2.05, 4.69) is 6.58 Å². The molecule has 0 aliphatic heterocycles. The summed E-state index contributed by atoms with van der Waals surface area (Å²) in [6.07, 6.45) is 1.06. The van der Waals surface area contributed by atoms with Crippen LogP contribution in [0.5, 0.6) is 0 Å². The van der Waals surface area contributed by atoms with Gasteiger partial charge in [-0.25, -0.2) is 0 Å². The molecule has 0 N–H and O–H groups in total. The molecule has 1 saturated carbocycles. The zero-order valence-corrected chi connectivity index (χ0v) is 10.9. The van der Waals surface area contributed by atoms with Gasteiger partial charge in [-0.1, -0.05) is 29.8 Å². The fourth-order valence-corrected chi connectivity index (χ4v) is 3.25. The highest BCUT2D eigenvalue weighted by molar-refractivity contribution is 7.86. The fourth-order valence-electron chi connectivity index (χ4n) is 1.96. The maximum Gasteiger partial charge on any atom is 0.297 e. The summed E-state index contributed by atoms with van der Waals surface area (Å²) in [6, 6.07) is 5.23. The number of aryl methyl sites for hydroxylation is 2. The number of rotatable bonds is 3. The van der Waals surface area contributed by atoms with E-state index in [1.54, 1.807) is 19.1 Å². The van der Waals surface area contributed by atoms with Gasteiger partial charge in [0.05, 0.1) is 11.0 Å². The summed E-state index contributed by atoms with van der Waals surface area (Å²) >= 11 is 0. The van der Waals surface area contributed by atoms with Gasteiger partial charge < -0.3 is 0 Å². The fraction of sp³-hybridized carbons (Fsp3) is 0.385. The minimum absolute atomic E-state index is 0.229. The largest absolute Gasteiger partial charge is 0.297 e. The molecule has 0 aromatic heterocycles. The van der Waals surface area contributed by atoms with Crippen LogP contribution in [0, 0.1) is 13.8 Å². The smallest absolute Gasteiger partial charge is 0.262 e. The van der Waals surface area contributed by atoms with E-state index in [-0.39, 0.29) is 11.0 Å². The van der Waals surface area contributed by atoms with E-state index in [1.807, 2.05) is 13.0 Å². The van der Waals surface area contributed by atoms with Gasteiger partial charge in [0.25, 0.3) is 10.1 Å². The average molecular weight is 252 g/mol. The quantitative estimate of drug-likeness (QED) is 0.613. The van der Waals surface area contributed by atoms with E-state index in [0.717, 1.165) is 16.7 Å². The Bertz CT molecular complexity index is 550. The second kappa shape index (κ2) is 4.27. The predicted octanol–water partition coefficient (Wildman–Crippen LogP) is 2.73. The summed E-state index contributed by atoms with van der Waals surface area (Å²) in [5.41, 5.74) is 2.81. The van der Waals surface area contributed by atoms with Crippen LogP contribution in [-0.2, 0) is 14.3 Å². The molecule has 1 aromatic rings. The molecule has 1 fully saturated rings. The Kier molecular flexibility index (Phi) is 3.10. The second-order valence-corrected chi connectivity index (χ2v) is 6.14. The average Bonchev–Trinajstić information content (AvgIpc) is 2.14. The first-order valence-electron chi connectivity index (χ1n) is 5.56. The topological polar surface area (TPSA) is 43.4 Å². The number of hydrogen-bond acceptors (Lipinski definition) is 3. The molecule has 1 aromatic carbocycles. The first-order valence-corrected chi connectivity index (χ1v) is 6.96. The Labute approximate surface area is 102 Å². The van der Waals surface area contributed by atoms with Crippen LogP contribution in [0.4, 0.5) is 0 Å². The van der Waals surface area contributed by atoms with Crippen molar-refractivity contribution in [2.24, 2.45) is 0 Å². The molecule has 0 atom stereocenters. The molecular formula is C13H16O3S. The maximum absolute atomic E-state index is 12.0. The standard InChI is InChI=1S/C13H16O3S/c1-9-4-5-13(11(3)6-9)17(14,15)16-12-7-10(2)8-12/h4-6,12H,2,7-8H2,1,3H3. The minimum Gasteiger partial charge on any atom is -0.262 e. The van der Waals surface area contributed by atoms with Crippen molar-refractivity contribution in [1.29, 1.82) is 0 Å². The molecule has 4 heteroatoms. The summed E-state index contributed by atoms with van der Waals surface area (Å²) in [6.45, 7) is 7.48. The zero-order valence-electron chi connectivity index (χ0n) is 10.1. The summed E-state index contributed by atoms with van der Waals surface area (Å²) < 4.78 is 29.2. The van der Waals surface area contributed by atoms with Crippen LogP contribution in [-0.4, -0.2) is 14.5 Å². The Morgan fingerprint density at radius 1 is 1.29 bits per heavy atom. The van der Waals surface area contributed by atoms with Gasteiger partial charge in [0.2, 0.25) is 0 Å². The van der Waals surface area contributed by atoms with Gasteiger partial charge in [0.15, 0.2) is 0 Å². The first-order chi connectivity index (χ1) is 7.88. The van der Waals surface area contributed by atoms with Gasteiger partial charge >= 0.3 is 0 Å². The second-order valence-electron chi connectivity index (χ2n) is 4.60. The molecular weight excluding hydrogens is 236 g/mol. The van der Waals surface area contributed by atoms with Gasteiger partial charge in [-0.05, 0) is 38.3 Å². The lowest BCUT2D eigenvalue weighted by Gasteiger charge is -2.27. The summed E-state index contributed by atoms with van der Waals surface area (Å²) in [5, 5.41) is 0. The predicted molar refractivity (Wildman–Crippen MR) is 66.3 cm³/mol. The molecule has 17 heavy (non-hydrogen) atoms. The molecule has 0 bridgehead atoms. The van der Waals surface area contributed by atoms with Gasteiger partial charge in [0.1, 0.15) is 0 Å². The SMILES string of the molecule is C=C1CC(OS(=O)(=O)c2ccc(C)cc2C)C1. The van der Waals surface area contributed by atoms with Crippen LogP contribution in [0.15, 0.2) is 35.2 Å². The van der Waals surface area contributed by atoms with Gasteiger partial charge in [0, 0.05) is 0 Å². The van der Waals surface area contributed by atoms with Gasteiger partial charge in [-0.3, -0.25) is 4.18 Å². The van der Waals surface area contributed by atoms with E-state index < -0.39 is 10.1 Å². The monoisotopic (exact) mass is 252 g/mol. The summed E-state index contributed by atoms with van der Waals surface area (Å²) in [5.74, 6) is 0. The molecule has 0 amide bonds. The van der Waals surface area contributed by atoms with Crippen LogP contribution in [0.1, 0.15) is 24.0 Å². The molecule has 92 valence electrons. The highest BCUT2D eigenvalue weighted by atomic mass is 32.2. The van der Waals surface area contributed by atoms with Crippen LogP contribution in [0.25, 0.3) is 0 Å². The van der Waals surface area contributed by atoms with Gasteiger partial charge in [-0.15, -0.1) is 0 Å². The molecule has 0 heterocycles. The van der Waals surface area contributed by atoms with E-state index in [1.165, 1.54) is 0 Å². The highest BCUT2D eigenvalue weighted by Gasteiger charge is 2.29. The van der Waals surface area contributed by atoms with Crippen LogP contribution in [0.2, 0.25) is 0 Å². The van der Waals surface area contributed by atoms with Crippen LogP contribution >= 0.6 is 0 Å². The van der Waals surface area contributed by atoms with Crippen molar-refractivity contribution in [3.05, 3.63) is 41.5 Å². The van der Waals surface area contributed by atoms with Crippen molar-refractivity contribution in [3.63, 3.8) is 0 Å². The van der Waals surface area contributed by atoms with Crippen LogP contribution in [0.3, 0.4) is 0 Å². The third-order valence-electron chi connectivity index (χ3n) is 2.90. The highest BCUT2D eigenvalue weighted by Crippen LogP contribution is 2.31. The van der Waals surface area contributed by atoms with Crippen molar-refractivity contribution in [3.8, 4) is 0 Å². The number of benzene rings is 1. The molecule has 1 aliphatic rings. The molecule has 0 radical (unpaired) electrons. The molecule has 3 nitrogen and oxygen atoms in total. The van der Waals surface area contributed by atoms with Crippen LogP contribution < -0.4 is 0 Å². The Morgan fingerprint density at radius 2 is 1.94 bits per heavy atom. The molecule has 1 aliphatic carbocycles. The molecule has 0 unspecified atom stereocenters. The van der Waals surface area contributed by atoms with E-state index >= 15 is 0 Å². The zero-order chi connectivity index (χ0) is 12.6. The Balaban J connectivity index is 2.22. The Morgan fingerprint density at radius 3 is 2.47 bits per heavy atom. The maximum atomic E-state index is 12.0. The van der Waals surface area contributed by atoms with Crippen molar-refractivity contribution < 1.29 is 12.6 Å². The van der Waals surface area contributed by atoms with Crippen molar-refractivity contribution in [2.75, 3.05) is 0 Å². The molecule has 2 rings (SSSR count). The third-order valence-corrected chi connectivity index (χ3v) is 4.42. The van der Waals surface area contributed by atoms with E-state index in [4.69, 9.17) is 4.18 Å². The van der Waals surface area contributed by atoms with E-state index in [9.17, 15) is 8.42 Å². The summed E-state index contributed by atoms with van der Waals surface area (Å²) in [7, 11) is -3.63. The van der Waals surface area contributed by atoms with E-state index in [0.29, 0.717) is 12.8 Å².